The zero-order valence-corrected chi connectivity index (χ0v) is 27.1. The molecule has 5 heterocycles. The lowest BCUT2D eigenvalue weighted by molar-refractivity contribution is -0.0751. The number of fused-ring (bicyclic) bond motifs is 2. The second kappa shape index (κ2) is 13.4. The molecule has 3 aliphatic heterocycles. The van der Waals surface area contributed by atoms with Crippen molar-refractivity contribution >= 4 is 31.4 Å². The molecule has 0 spiro atoms. The van der Waals surface area contributed by atoms with Crippen molar-refractivity contribution in [3.63, 3.8) is 0 Å². The Balaban J connectivity index is 1.18. The molecule has 1 N–H and O–H groups in total. The number of carbonyl (C=O) groups excluding carboxylic acids is 1. The van der Waals surface area contributed by atoms with Crippen molar-refractivity contribution in [2.24, 2.45) is 0 Å². The second-order valence-corrected chi connectivity index (χ2v) is 13.2. The first-order valence-electron chi connectivity index (χ1n) is 15.8. The molecule has 13 heteroatoms. The van der Waals surface area contributed by atoms with Gasteiger partial charge in [0.15, 0.2) is 23.2 Å². The number of benzene rings is 2. The first-order chi connectivity index (χ1) is 22.5. The Bertz CT molecular complexity index is 1650. The maximum Gasteiger partial charge on any atom is 0.260 e. The lowest BCUT2D eigenvalue weighted by Gasteiger charge is -2.29. The zero-order valence-electron chi connectivity index (χ0n) is 26.2. The molecular weight excluding hydrogens is 607 g/mol. The molecule has 2 aromatic carbocycles. The van der Waals surface area contributed by atoms with E-state index in [0.29, 0.717) is 42.2 Å². The summed E-state index contributed by atoms with van der Waals surface area (Å²) in [5.41, 5.74) is 2.16. The first kappa shape index (κ1) is 31.3. The van der Waals surface area contributed by atoms with Gasteiger partial charge in [-0.2, -0.15) is 0 Å². The SMILES string of the molecule is CC[C@H]1O[C@@H](n2cnc3c(NC(=O)c4ccccc4)ncnc32)[C@@H](OCCOC)C1O[P@@]1O[C@](C)(c2ccccc2)[C@@H]2CCCN21. The second-order valence-electron chi connectivity index (χ2n) is 11.9. The van der Waals surface area contributed by atoms with Crippen LogP contribution in [0.5, 0.6) is 0 Å². The van der Waals surface area contributed by atoms with E-state index in [9.17, 15) is 4.79 Å². The smallest absolute Gasteiger partial charge is 0.260 e. The maximum atomic E-state index is 12.9. The largest absolute Gasteiger partial charge is 0.382 e. The number of aromatic nitrogens is 4. The minimum atomic E-state index is -1.39. The van der Waals surface area contributed by atoms with Gasteiger partial charge in [0.05, 0.1) is 31.7 Å². The van der Waals surface area contributed by atoms with Gasteiger partial charge in [-0.15, -0.1) is 0 Å². The van der Waals surface area contributed by atoms with Gasteiger partial charge in [0, 0.05) is 19.2 Å². The van der Waals surface area contributed by atoms with Gasteiger partial charge in [-0.25, -0.2) is 19.6 Å². The predicted octanol–water partition coefficient (Wildman–Crippen LogP) is 5.44. The van der Waals surface area contributed by atoms with Crippen molar-refractivity contribution in [1.82, 2.24) is 24.2 Å². The quantitative estimate of drug-likeness (QED) is 0.167. The minimum absolute atomic E-state index is 0.228. The Hall–Kier alpha value is -3.35. The van der Waals surface area contributed by atoms with Crippen LogP contribution in [0.3, 0.4) is 0 Å². The van der Waals surface area contributed by atoms with Crippen LogP contribution >= 0.6 is 8.53 Å². The molecule has 7 atom stereocenters. The van der Waals surface area contributed by atoms with Gasteiger partial charge in [-0.05, 0) is 43.9 Å². The van der Waals surface area contributed by atoms with Crippen LogP contribution in [-0.2, 0) is 28.9 Å². The molecule has 3 fully saturated rings. The lowest BCUT2D eigenvalue weighted by atomic mass is 9.87. The van der Waals surface area contributed by atoms with Gasteiger partial charge < -0.3 is 28.6 Å². The van der Waals surface area contributed by atoms with Gasteiger partial charge in [-0.1, -0.05) is 55.5 Å². The summed E-state index contributed by atoms with van der Waals surface area (Å²) in [5.74, 6) is 0.0320. The number of carbonyl (C=O) groups is 1. The highest BCUT2D eigenvalue weighted by Crippen LogP contribution is 2.64. The summed E-state index contributed by atoms with van der Waals surface area (Å²) < 4.78 is 36.6. The van der Waals surface area contributed by atoms with Crippen LogP contribution in [0.15, 0.2) is 73.3 Å². The summed E-state index contributed by atoms with van der Waals surface area (Å²) in [6.45, 7) is 5.95. The first-order valence-corrected chi connectivity index (χ1v) is 16.9. The van der Waals surface area contributed by atoms with Gasteiger partial charge >= 0.3 is 0 Å². The van der Waals surface area contributed by atoms with E-state index in [0.717, 1.165) is 24.9 Å². The Kier molecular flexibility index (Phi) is 9.11. The van der Waals surface area contributed by atoms with E-state index in [1.165, 1.54) is 6.33 Å². The van der Waals surface area contributed by atoms with Gasteiger partial charge in [-0.3, -0.25) is 9.36 Å². The number of hydrogen-bond donors (Lipinski definition) is 1. The van der Waals surface area contributed by atoms with Crippen LogP contribution < -0.4 is 5.32 Å². The molecule has 1 unspecified atom stereocenters. The van der Waals surface area contributed by atoms with Crippen molar-refractivity contribution in [3.8, 4) is 0 Å². The number of anilines is 1. The Morgan fingerprint density at radius 3 is 2.61 bits per heavy atom. The summed E-state index contributed by atoms with van der Waals surface area (Å²) in [4.78, 5) is 26.4. The summed E-state index contributed by atoms with van der Waals surface area (Å²) in [6, 6.07) is 19.6. The van der Waals surface area contributed by atoms with Crippen molar-refractivity contribution < 1.29 is 28.1 Å². The molecule has 0 radical (unpaired) electrons. The molecule has 3 saturated heterocycles. The number of rotatable bonds is 11. The van der Waals surface area contributed by atoms with Crippen molar-refractivity contribution in [2.45, 2.75) is 69.3 Å². The fourth-order valence-corrected chi connectivity index (χ4v) is 8.87. The highest BCUT2D eigenvalue weighted by molar-refractivity contribution is 7.45. The zero-order chi connectivity index (χ0) is 31.7. The highest BCUT2D eigenvalue weighted by atomic mass is 31.2. The molecule has 242 valence electrons. The molecule has 0 bridgehead atoms. The predicted molar refractivity (Wildman–Crippen MR) is 172 cm³/mol. The van der Waals surface area contributed by atoms with Crippen LogP contribution in [-0.4, -0.2) is 81.3 Å². The normalized spacial score (nSPS) is 29.4. The summed E-state index contributed by atoms with van der Waals surface area (Å²) in [5, 5.41) is 2.88. The van der Waals surface area contributed by atoms with Gasteiger partial charge in [0.2, 0.25) is 0 Å². The van der Waals surface area contributed by atoms with Crippen LogP contribution in [0.25, 0.3) is 11.2 Å². The third-order valence-electron chi connectivity index (χ3n) is 9.08. The number of ether oxygens (including phenoxy) is 3. The third-order valence-corrected chi connectivity index (χ3v) is 10.9. The van der Waals surface area contributed by atoms with Gasteiger partial charge in [0.25, 0.3) is 14.4 Å². The van der Waals surface area contributed by atoms with E-state index < -0.39 is 32.6 Å². The van der Waals surface area contributed by atoms with E-state index in [1.807, 2.05) is 28.8 Å². The van der Waals surface area contributed by atoms with Crippen LogP contribution in [0.1, 0.15) is 55.3 Å². The number of hydrogen-bond acceptors (Lipinski definition) is 10. The fraction of sp³-hybridized carbons (Fsp3) is 0.455. The molecule has 46 heavy (non-hydrogen) atoms. The monoisotopic (exact) mass is 646 g/mol. The third kappa shape index (κ3) is 5.73. The van der Waals surface area contributed by atoms with E-state index in [2.05, 4.69) is 63.1 Å². The standard InChI is InChI=1S/C33H39N6O6P/c1-4-24-27(44-46-39-17-11-16-25(39)33(2,45-46)23-14-9-6-10-15-23)28(42-19-18-41-3)32(43-24)38-21-36-26-29(34-20-35-30(26)38)37-31(40)22-12-7-5-8-13-22/h5-10,12-15,20-21,24-25,27-28,32H,4,11,16-19H2,1-3H3,(H,34,35,37,40)/t24-,25+,27?,28+,32-,33-,46+/m1/s1. The topological polar surface area (TPSA) is 122 Å². The Morgan fingerprint density at radius 1 is 1.07 bits per heavy atom. The molecule has 7 rings (SSSR count). The number of nitrogens with zero attached hydrogens (tertiary/aromatic N) is 5. The number of imidazole rings is 1. The molecular formula is C33H39N6O6P. The molecule has 0 saturated carbocycles. The molecule has 4 aromatic rings. The Morgan fingerprint density at radius 2 is 1.85 bits per heavy atom. The fourth-order valence-electron chi connectivity index (χ4n) is 6.71. The van der Waals surface area contributed by atoms with E-state index in [-0.39, 0.29) is 18.1 Å². The van der Waals surface area contributed by atoms with Crippen molar-refractivity contribution in [1.29, 1.82) is 0 Å². The van der Waals surface area contributed by atoms with Crippen LogP contribution in [0, 0.1) is 0 Å². The summed E-state index contributed by atoms with van der Waals surface area (Å²) in [7, 11) is 0.257. The van der Waals surface area contributed by atoms with Crippen LogP contribution in [0.2, 0.25) is 0 Å². The van der Waals surface area contributed by atoms with Crippen molar-refractivity contribution in [3.05, 3.63) is 84.4 Å². The number of methoxy groups -OCH3 is 1. The van der Waals surface area contributed by atoms with E-state index in [4.69, 9.17) is 23.3 Å². The highest BCUT2D eigenvalue weighted by Gasteiger charge is 2.57. The average Bonchev–Trinajstić information content (AvgIpc) is 3.87. The summed E-state index contributed by atoms with van der Waals surface area (Å²) >= 11 is 0. The molecule has 2 aromatic heterocycles. The number of nitrogens with one attached hydrogen (secondary N) is 1. The lowest BCUT2D eigenvalue weighted by Crippen LogP contribution is -2.37. The number of amides is 1. The molecule has 3 aliphatic rings. The molecule has 0 aliphatic carbocycles. The average molecular weight is 647 g/mol. The maximum absolute atomic E-state index is 12.9. The molecule has 12 nitrogen and oxygen atoms in total. The van der Waals surface area contributed by atoms with Crippen molar-refractivity contribution in [2.75, 3.05) is 32.2 Å². The van der Waals surface area contributed by atoms with E-state index in [1.54, 1.807) is 25.6 Å². The van der Waals surface area contributed by atoms with Crippen LogP contribution in [0.4, 0.5) is 5.82 Å². The van der Waals surface area contributed by atoms with Gasteiger partial charge in [0.1, 0.15) is 24.1 Å². The Labute approximate surface area is 269 Å². The summed E-state index contributed by atoms with van der Waals surface area (Å²) in [6.07, 6.45) is 4.11. The van der Waals surface area contributed by atoms with E-state index >= 15 is 0 Å². The minimum Gasteiger partial charge on any atom is -0.382 e. The molecule has 1 amide bonds.